The molecular formula is C23H26N4O. The van der Waals surface area contributed by atoms with Crippen LogP contribution in [-0.2, 0) is 12.8 Å². The van der Waals surface area contributed by atoms with Gasteiger partial charge in [0.2, 0.25) is 0 Å². The van der Waals surface area contributed by atoms with Gasteiger partial charge in [-0.1, -0.05) is 12.5 Å². The molecule has 0 atom stereocenters. The number of imidazole rings is 1. The number of anilines is 1. The Bertz CT molecular complexity index is 1030. The summed E-state index contributed by atoms with van der Waals surface area (Å²) in [5.41, 5.74) is 6.09. The monoisotopic (exact) mass is 374 g/mol. The summed E-state index contributed by atoms with van der Waals surface area (Å²) in [5, 5.41) is 3.07. The van der Waals surface area contributed by atoms with Crippen molar-refractivity contribution in [2.45, 2.75) is 45.1 Å². The lowest BCUT2D eigenvalue weighted by Crippen LogP contribution is -2.41. The molecule has 0 spiro atoms. The average Bonchev–Trinajstić information content (AvgIpc) is 2.90. The van der Waals surface area contributed by atoms with Crippen LogP contribution in [0, 0.1) is 6.92 Å². The molecule has 0 radical (unpaired) electrons. The molecule has 5 rings (SSSR count). The molecule has 28 heavy (non-hydrogen) atoms. The van der Waals surface area contributed by atoms with Crippen molar-refractivity contribution in [3.8, 4) is 0 Å². The zero-order valence-electron chi connectivity index (χ0n) is 16.3. The summed E-state index contributed by atoms with van der Waals surface area (Å²) < 4.78 is 0. The molecule has 2 aliphatic rings. The van der Waals surface area contributed by atoms with Crippen LogP contribution in [0.15, 0.2) is 36.4 Å². The van der Waals surface area contributed by atoms with Crippen LogP contribution in [0.2, 0.25) is 0 Å². The van der Waals surface area contributed by atoms with Crippen molar-refractivity contribution in [3.05, 3.63) is 58.9 Å². The maximum absolute atomic E-state index is 12.7. The number of hydrogen-bond donors (Lipinski definition) is 2. The number of aromatic nitrogens is 2. The molecule has 1 aliphatic heterocycles. The topological polar surface area (TPSA) is 61.0 Å². The van der Waals surface area contributed by atoms with E-state index in [-0.39, 0.29) is 5.91 Å². The number of H-pyrrole nitrogens is 1. The van der Waals surface area contributed by atoms with E-state index in [0.29, 0.717) is 5.56 Å². The van der Waals surface area contributed by atoms with Gasteiger partial charge in [-0.05, 0) is 74.1 Å². The molecule has 0 unspecified atom stereocenters. The number of fused-ring (bicyclic) bond motifs is 2. The Morgan fingerprint density at radius 3 is 2.71 bits per heavy atom. The van der Waals surface area contributed by atoms with Crippen molar-refractivity contribution < 1.29 is 4.79 Å². The molecule has 1 saturated carbocycles. The largest absolute Gasteiger partial charge is 0.342 e. The van der Waals surface area contributed by atoms with Gasteiger partial charge in [-0.2, -0.15) is 0 Å². The Hall–Kier alpha value is -2.66. The van der Waals surface area contributed by atoms with E-state index in [9.17, 15) is 4.79 Å². The maximum atomic E-state index is 12.7. The summed E-state index contributed by atoms with van der Waals surface area (Å²) in [6.07, 6.45) is 6.27. The van der Waals surface area contributed by atoms with Crippen LogP contribution >= 0.6 is 0 Å². The van der Waals surface area contributed by atoms with Gasteiger partial charge in [-0.15, -0.1) is 0 Å². The predicted molar refractivity (Wildman–Crippen MR) is 112 cm³/mol. The molecule has 5 nitrogen and oxygen atoms in total. The summed E-state index contributed by atoms with van der Waals surface area (Å²) in [4.78, 5) is 23.0. The van der Waals surface area contributed by atoms with Crippen molar-refractivity contribution in [2.24, 2.45) is 0 Å². The molecule has 0 bridgehead atoms. The molecule has 1 aliphatic carbocycles. The van der Waals surface area contributed by atoms with Crippen LogP contribution < -0.4 is 5.32 Å². The fraction of sp³-hybridized carbons (Fsp3) is 0.391. The number of carbonyl (C=O) groups is 1. The van der Waals surface area contributed by atoms with E-state index in [1.165, 1.54) is 30.4 Å². The lowest BCUT2D eigenvalue weighted by molar-refractivity contribution is 0.102. The third-order valence-corrected chi connectivity index (χ3v) is 6.25. The van der Waals surface area contributed by atoms with Crippen LogP contribution in [0.5, 0.6) is 0 Å². The lowest BCUT2D eigenvalue weighted by Gasteiger charge is -2.36. The standard InChI is InChI=1S/C23H26N4O/c1-15-24-21-8-6-18(14-22(21)25-15)23(28)26-19-7-5-16-9-11-27(20-3-2-4-20)12-10-17(16)13-19/h5-8,13-14,20H,2-4,9-12H2,1H3,(H,24,25)(H,26,28). The Morgan fingerprint density at radius 1 is 1.11 bits per heavy atom. The van der Waals surface area contributed by atoms with Gasteiger partial charge in [0.25, 0.3) is 5.91 Å². The van der Waals surface area contributed by atoms with E-state index in [0.717, 1.165) is 54.5 Å². The Labute approximate surface area is 165 Å². The average molecular weight is 374 g/mol. The number of aryl methyl sites for hydroxylation is 1. The summed E-state index contributed by atoms with van der Waals surface area (Å²) in [5.74, 6) is 0.771. The van der Waals surface area contributed by atoms with Crippen LogP contribution in [-0.4, -0.2) is 39.9 Å². The molecule has 2 aromatic carbocycles. The SMILES string of the molecule is Cc1nc2ccc(C(=O)Nc3ccc4c(c3)CCN(C3CCC3)CC4)cc2[nH]1. The predicted octanol–water partition coefficient (Wildman–Crippen LogP) is 4.08. The highest BCUT2D eigenvalue weighted by atomic mass is 16.1. The molecule has 5 heteroatoms. The highest BCUT2D eigenvalue weighted by Gasteiger charge is 2.26. The first-order valence-electron chi connectivity index (χ1n) is 10.3. The first-order chi connectivity index (χ1) is 13.7. The minimum Gasteiger partial charge on any atom is -0.342 e. The fourth-order valence-electron chi connectivity index (χ4n) is 4.42. The van der Waals surface area contributed by atoms with Gasteiger partial charge in [-0.25, -0.2) is 4.98 Å². The molecule has 0 saturated heterocycles. The second-order valence-electron chi connectivity index (χ2n) is 8.11. The van der Waals surface area contributed by atoms with E-state index in [4.69, 9.17) is 0 Å². The van der Waals surface area contributed by atoms with Crippen molar-refractivity contribution >= 4 is 22.6 Å². The van der Waals surface area contributed by atoms with Gasteiger partial charge in [0, 0.05) is 30.4 Å². The lowest BCUT2D eigenvalue weighted by atomic mass is 9.91. The zero-order valence-corrected chi connectivity index (χ0v) is 16.3. The second-order valence-corrected chi connectivity index (χ2v) is 8.11. The normalized spacial score (nSPS) is 17.8. The summed E-state index contributed by atoms with van der Waals surface area (Å²) in [6.45, 7) is 4.21. The highest BCUT2D eigenvalue weighted by Crippen LogP contribution is 2.28. The number of amides is 1. The number of aromatic amines is 1. The number of nitrogens with one attached hydrogen (secondary N) is 2. The first-order valence-corrected chi connectivity index (χ1v) is 10.3. The Morgan fingerprint density at radius 2 is 1.93 bits per heavy atom. The van der Waals surface area contributed by atoms with Crippen LogP contribution in [0.4, 0.5) is 5.69 Å². The Balaban J connectivity index is 1.31. The van der Waals surface area contributed by atoms with Crippen molar-refractivity contribution in [3.63, 3.8) is 0 Å². The molecule has 3 aromatic rings. The van der Waals surface area contributed by atoms with E-state index in [2.05, 4.69) is 32.3 Å². The van der Waals surface area contributed by atoms with Gasteiger partial charge in [0.15, 0.2) is 0 Å². The summed E-state index contributed by atoms with van der Waals surface area (Å²) >= 11 is 0. The van der Waals surface area contributed by atoms with Crippen LogP contribution in [0.25, 0.3) is 11.0 Å². The van der Waals surface area contributed by atoms with Crippen molar-refractivity contribution in [1.29, 1.82) is 0 Å². The van der Waals surface area contributed by atoms with Gasteiger partial charge < -0.3 is 10.3 Å². The smallest absolute Gasteiger partial charge is 0.255 e. The van der Waals surface area contributed by atoms with Crippen LogP contribution in [0.1, 0.15) is 46.6 Å². The van der Waals surface area contributed by atoms with Gasteiger partial charge in [-0.3, -0.25) is 9.69 Å². The number of carbonyl (C=O) groups excluding carboxylic acids is 1. The summed E-state index contributed by atoms with van der Waals surface area (Å²) in [7, 11) is 0. The third kappa shape index (κ3) is 3.31. The quantitative estimate of drug-likeness (QED) is 0.726. The minimum absolute atomic E-state index is 0.0844. The maximum Gasteiger partial charge on any atom is 0.255 e. The van der Waals surface area contributed by atoms with E-state index in [1.807, 2.05) is 31.2 Å². The molecule has 1 aromatic heterocycles. The molecule has 1 fully saturated rings. The van der Waals surface area contributed by atoms with Gasteiger partial charge in [0.1, 0.15) is 5.82 Å². The summed E-state index contributed by atoms with van der Waals surface area (Å²) in [6, 6.07) is 12.8. The molecule has 144 valence electrons. The molecule has 2 N–H and O–H groups in total. The molecule has 2 heterocycles. The molecule has 1 amide bonds. The number of hydrogen-bond acceptors (Lipinski definition) is 3. The first kappa shape index (κ1) is 17.4. The van der Waals surface area contributed by atoms with E-state index < -0.39 is 0 Å². The van der Waals surface area contributed by atoms with Crippen molar-refractivity contribution in [2.75, 3.05) is 18.4 Å². The second kappa shape index (κ2) is 7.06. The van der Waals surface area contributed by atoms with E-state index >= 15 is 0 Å². The third-order valence-electron chi connectivity index (χ3n) is 6.25. The van der Waals surface area contributed by atoms with Crippen LogP contribution in [0.3, 0.4) is 0 Å². The highest BCUT2D eigenvalue weighted by molar-refractivity contribution is 6.06. The number of benzene rings is 2. The number of nitrogens with zero attached hydrogens (tertiary/aromatic N) is 2. The minimum atomic E-state index is -0.0844. The van der Waals surface area contributed by atoms with Crippen molar-refractivity contribution in [1.82, 2.24) is 14.9 Å². The van der Waals surface area contributed by atoms with Gasteiger partial charge in [0.05, 0.1) is 11.0 Å². The zero-order chi connectivity index (χ0) is 19.1. The molecular weight excluding hydrogens is 348 g/mol. The number of rotatable bonds is 3. The van der Waals surface area contributed by atoms with E-state index in [1.54, 1.807) is 0 Å². The Kier molecular flexibility index (Phi) is 4.40. The van der Waals surface area contributed by atoms with Gasteiger partial charge >= 0.3 is 0 Å². The fourth-order valence-corrected chi connectivity index (χ4v) is 4.42.